The lowest BCUT2D eigenvalue weighted by Gasteiger charge is -2.26. The SMILES string of the molecule is CCCN=C(NN)N(CCC(C)C)C1CC1. The van der Waals surface area contributed by atoms with Gasteiger partial charge in [0.2, 0.25) is 5.96 Å². The molecule has 0 aromatic rings. The van der Waals surface area contributed by atoms with Gasteiger partial charge in [0.05, 0.1) is 0 Å². The maximum Gasteiger partial charge on any atom is 0.208 e. The first kappa shape index (κ1) is 13.3. The van der Waals surface area contributed by atoms with Crippen LogP contribution in [-0.4, -0.2) is 30.0 Å². The van der Waals surface area contributed by atoms with Crippen molar-refractivity contribution in [2.75, 3.05) is 13.1 Å². The summed E-state index contributed by atoms with van der Waals surface area (Å²) in [4.78, 5) is 6.85. The Hall–Kier alpha value is -0.770. The molecule has 0 bridgehead atoms. The van der Waals surface area contributed by atoms with Gasteiger partial charge in [0.15, 0.2) is 0 Å². The molecule has 1 fully saturated rings. The van der Waals surface area contributed by atoms with Gasteiger partial charge in [-0.1, -0.05) is 20.8 Å². The molecule has 0 atom stereocenters. The van der Waals surface area contributed by atoms with Crippen LogP contribution in [0.15, 0.2) is 4.99 Å². The summed E-state index contributed by atoms with van der Waals surface area (Å²) in [5.41, 5.74) is 2.76. The van der Waals surface area contributed by atoms with E-state index in [1.165, 1.54) is 19.3 Å². The first-order valence-electron chi connectivity index (χ1n) is 6.46. The van der Waals surface area contributed by atoms with Gasteiger partial charge >= 0.3 is 0 Å². The van der Waals surface area contributed by atoms with Crippen molar-refractivity contribution in [3.63, 3.8) is 0 Å². The number of hydrogen-bond donors (Lipinski definition) is 2. The van der Waals surface area contributed by atoms with Crippen molar-refractivity contribution in [3.8, 4) is 0 Å². The quantitative estimate of drug-likeness (QED) is 0.314. The van der Waals surface area contributed by atoms with Crippen LogP contribution in [0.25, 0.3) is 0 Å². The molecule has 0 aliphatic heterocycles. The smallest absolute Gasteiger partial charge is 0.208 e. The Morgan fingerprint density at radius 1 is 1.50 bits per heavy atom. The van der Waals surface area contributed by atoms with Gasteiger partial charge in [-0.3, -0.25) is 10.4 Å². The summed E-state index contributed by atoms with van der Waals surface area (Å²) in [5, 5.41) is 0. The van der Waals surface area contributed by atoms with Crippen LogP contribution in [0.2, 0.25) is 0 Å². The lowest BCUT2D eigenvalue weighted by atomic mass is 10.1. The number of hydrazine groups is 1. The van der Waals surface area contributed by atoms with Crippen LogP contribution in [0.3, 0.4) is 0 Å². The van der Waals surface area contributed by atoms with E-state index in [2.05, 4.69) is 36.1 Å². The number of nitrogens with two attached hydrogens (primary N) is 1. The fraction of sp³-hybridized carbons (Fsp3) is 0.917. The predicted octanol–water partition coefficient (Wildman–Crippen LogP) is 1.73. The molecular formula is C12H26N4. The predicted molar refractivity (Wildman–Crippen MR) is 69.1 cm³/mol. The van der Waals surface area contributed by atoms with Gasteiger partial charge in [-0.2, -0.15) is 0 Å². The molecule has 1 rings (SSSR count). The van der Waals surface area contributed by atoms with Gasteiger partial charge in [0, 0.05) is 19.1 Å². The van der Waals surface area contributed by atoms with Gasteiger partial charge in [0.1, 0.15) is 0 Å². The summed E-state index contributed by atoms with van der Waals surface area (Å²) in [6, 6.07) is 0.672. The molecule has 94 valence electrons. The molecule has 16 heavy (non-hydrogen) atoms. The average Bonchev–Trinajstić information content (AvgIpc) is 3.06. The number of nitrogens with zero attached hydrogens (tertiary/aromatic N) is 2. The minimum Gasteiger partial charge on any atom is -0.339 e. The van der Waals surface area contributed by atoms with Gasteiger partial charge < -0.3 is 4.90 Å². The van der Waals surface area contributed by atoms with Crippen molar-refractivity contribution in [3.05, 3.63) is 0 Å². The van der Waals surface area contributed by atoms with E-state index in [4.69, 9.17) is 5.84 Å². The highest BCUT2D eigenvalue weighted by Gasteiger charge is 2.30. The normalized spacial score (nSPS) is 16.7. The molecule has 0 aromatic carbocycles. The second-order valence-corrected chi connectivity index (χ2v) is 4.96. The third-order valence-corrected chi connectivity index (χ3v) is 2.82. The fourth-order valence-corrected chi connectivity index (χ4v) is 1.68. The minimum absolute atomic E-state index is 0.672. The maximum absolute atomic E-state index is 5.56. The lowest BCUT2D eigenvalue weighted by molar-refractivity contribution is 0.360. The largest absolute Gasteiger partial charge is 0.339 e. The summed E-state index contributed by atoms with van der Waals surface area (Å²) < 4.78 is 0. The molecule has 0 spiro atoms. The third kappa shape index (κ3) is 4.39. The first-order chi connectivity index (χ1) is 7.69. The number of hydrogen-bond acceptors (Lipinski definition) is 2. The molecule has 3 N–H and O–H groups in total. The van der Waals surface area contributed by atoms with E-state index in [0.717, 1.165) is 31.4 Å². The highest BCUT2D eigenvalue weighted by Crippen LogP contribution is 2.27. The van der Waals surface area contributed by atoms with Crippen molar-refractivity contribution in [2.45, 2.75) is 52.5 Å². The van der Waals surface area contributed by atoms with Gasteiger partial charge in [-0.05, 0) is 31.6 Å². The van der Waals surface area contributed by atoms with E-state index in [0.29, 0.717) is 6.04 Å². The Morgan fingerprint density at radius 3 is 2.62 bits per heavy atom. The molecule has 0 amide bonds. The number of guanidine groups is 1. The van der Waals surface area contributed by atoms with Crippen LogP contribution in [0.5, 0.6) is 0 Å². The first-order valence-corrected chi connectivity index (χ1v) is 6.46. The van der Waals surface area contributed by atoms with Crippen molar-refractivity contribution >= 4 is 5.96 Å². The summed E-state index contributed by atoms with van der Waals surface area (Å²) in [6.45, 7) is 8.56. The minimum atomic E-state index is 0.672. The number of aliphatic imine (C=N–C) groups is 1. The zero-order chi connectivity index (χ0) is 12.0. The Labute approximate surface area is 99.3 Å². The fourth-order valence-electron chi connectivity index (χ4n) is 1.68. The third-order valence-electron chi connectivity index (χ3n) is 2.82. The summed E-state index contributed by atoms with van der Waals surface area (Å²) in [6.07, 6.45) is 4.83. The monoisotopic (exact) mass is 226 g/mol. The summed E-state index contributed by atoms with van der Waals surface area (Å²) >= 11 is 0. The van der Waals surface area contributed by atoms with E-state index in [1.807, 2.05) is 0 Å². The molecule has 1 aliphatic rings. The van der Waals surface area contributed by atoms with E-state index in [1.54, 1.807) is 0 Å². The Bertz CT molecular complexity index is 221. The van der Waals surface area contributed by atoms with Crippen LogP contribution in [0, 0.1) is 5.92 Å². The molecule has 4 heteroatoms. The van der Waals surface area contributed by atoms with Crippen molar-refractivity contribution < 1.29 is 0 Å². The van der Waals surface area contributed by atoms with E-state index >= 15 is 0 Å². The van der Waals surface area contributed by atoms with Crippen LogP contribution < -0.4 is 11.3 Å². The topological polar surface area (TPSA) is 53.6 Å². The zero-order valence-electron chi connectivity index (χ0n) is 10.9. The molecular weight excluding hydrogens is 200 g/mol. The highest BCUT2D eigenvalue weighted by atomic mass is 15.4. The lowest BCUT2D eigenvalue weighted by Crippen LogP contribution is -2.46. The Kier molecular flexibility index (Phi) is 5.60. The van der Waals surface area contributed by atoms with Crippen molar-refractivity contribution in [2.24, 2.45) is 16.8 Å². The van der Waals surface area contributed by atoms with Crippen LogP contribution in [0.4, 0.5) is 0 Å². The highest BCUT2D eigenvalue weighted by molar-refractivity contribution is 5.80. The van der Waals surface area contributed by atoms with Crippen LogP contribution in [0.1, 0.15) is 46.5 Å². The Balaban J connectivity index is 2.52. The van der Waals surface area contributed by atoms with Crippen molar-refractivity contribution in [1.29, 1.82) is 0 Å². The zero-order valence-corrected chi connectivity index (χ0v) is 10.9. The molecule has 0 heterocycles. The second kappa shape index (κ2) is 6.74. The number of nitrogens with one attached hydrogen (secondary N) is 1. The molecule has 0 aromatic heterocycles. The van der Waals surface area contributed by atoms with Crippen LogP contribution in [-0.2, 0) is 0 Å². The standard InChI is InChI=1S/C12H26N4/c1-4-8-14-12(15-13)16(11-5-6-11)9-7-10(2)3/h10-11H,4-9,13H2,1-3H3,(H,14,15). The molecule has 0 unspecified atom stereocenters. The second-order valence-electron chi connectivity index (χ2n) is 4.96. The molecule has 1 saturated carbocycles. The van der Waals surface area contributed by atoms with E-state index in [9.17, 15) is 0 Å². The number of rotatable bonds is 6. The van der Waals surface area contributed by atoms with Crippen LogP contribution >= 0.6 is 0 Å². The van der Waals surface area contributed by atoms with E-state index in [-0.39, 0.29) is 0 Å². The van der Waals surface area contributed by atoms with E-state index < -0.39 is 0 Å². The van der Waals surface area contributed by atoms with Crippen molar-refractivity contribution in [1.82, 2.24) is 10.3 Å². The molecule has 4 nitrogen and oxygen atoms in total. The maximum atomic E-state index is 5.56. The van der Waals surface area contributed by atoms with Gasteiger partial charge in [0.25, 0.3) is 0 Å². The summed E-state index contributed by atoms with van der Waals surface area (Å²) in [7, 11) is 0. The molecule has 1 aliphatic carbocycles. The van der Waals surface area contributed by atoms with Gasteiger partial charge in [-0.15, -0.1) is 0 Å². The van der Waals surface area contributed by atoms with Gasteiger partial charge in [-0.25, -0.2) is 5.84 Å². The Morgan fingerprint density at radius 2 is 2.19 bits per heavy atom. The average molecular weight is 226 g/mol. The molecule has 0 radical (unpaired) electrons. The summed E-state index contributed by atoms with van der Waals surface area (Å²) in [5.74, 6) is 7.17. The molecule has 0 saturated heterocycles.